The zero-order valence-corrected chi connectivity index (χ0v) is 16.1. The molecule has 0 atom stereocenters. The molecule has 0 radical (unpaired) electrons. The Morgan fingerprint density at radius 3 is 1.89 bits per heavy atom. The van der Waals surface area contributed by atoms with Crippen molar-refractivity contribution in [3.63, 3.8) is 0 Å². The molecule has 0 unspecified atom stereocenters. The van der Waals surface area contributed by atoms with Gasteiger partial charge in [-0.1, -0.05) is 45.0 Å². The predicted molar refractivity (Wildman–Crippen MR) is 82.5 cm³/mol. The molecule has 3 heteroatoms. The summed E-state index contributed by atoms with van der Waals surface area (Å²) in [6.07, 6.45) is 2.20. The summed E-state index contributed by atoms with van der Waals surface area (Å²) in [5.74, 6) is 0. The molecule has 0 aliphatic carbocycles. The van der Waals surface area contributed by atoms with E-state index in [4.69, 9.17) is 0 Å². The Labute approximate surface area is 134 Å². The quantitative estimate of drug-likeness (QED) is 0.641. The van der Waals surface area contributed by atoms with Crippen molar-refractivity contribution in [2.75, 3.05) is 33.7 Å². The largest absolute Gasteiger partial charge is 0.665 e. The second-order valence-electron chi connectivity index (χ2n) is 4.25. The van der Waals surface area contributed by atoms with Gasteiger partial charge >= 0.3 is 0 Å². The van der Waals surface area contributed by atoms with E-state index in [2.05, 4.69) is 48.5 Å². The van der Waals surface area contributed by atoms with E-state index in [9.17, 15) is 0 Å². The maximum atomic E-state index is 4.12. The number of likely N-dealkylation sites (N-methyl/N-ethyl adjacent to an activating group) is 2. The Hall–Kier alpha value is -0.172. The smallest absolute Gasteiger partial charge is 0.00187 e. The number of rotatable bonds is 7. The van der Waals surface area contributed by atoms with Crippen LogP contribution in [0.5, 0.6) is 0 Å². The van der Waals surface area contributed by atoms with E-state index >= 15 is 0 Å². The summed E-state index contributed by atoms with van der Waals surface area (Å²) < 4.78 is 0. The van der Waals surface area contributed by atoms with E-state index in [0.717, 1.165) is 32.5 Å². The maximum absolute atomic E-state index is 4.12. The average molecular weight is 433 g/mol. The molecule has 110 valence electrons. The van der Waals surface area contributed by atoms with Crippen LogP contribution in [0.2, 0.25) is 0 Å². The predicted octanol–water partition coefficient (Wildman–Crippen LogP) is 3.75. The molecule has 1 aromatic carbocycles. The number of hydrogen-bond donors (Lipinski definition) is 0. The molecule has 0 aliphatic rings. The van der Waals surface area contributed by atoms with Crippen molar-refractivity contribution in [3.8, 4) is 0 Å². The monoisotopic (exact) mass is 433 g/mol. The maximum Gasteiger partial charge on any atom is 0.00187 e. The molecule has 0 saturated carbocycles. The Kier molecular flexibility index (Phi) is 15.8. The summed E-state index contributed by atoms with van der Waals surface area (Å²) in [4.78, 5) is 2.34. The third kappa shape index (κ3) is 10.3. The average Bonchev–Trinajstić information content (AvgIpc) is 2.45. The molecular formula is C16H29N2W-. The molecule has 2 nitrogen and oxygen atoms in total. The van der Waals surface area contributed by atoms with Crippen LogP contribution < -0.4 is 0 Å². The molecule has 0 amide bonds. The van der Waals surface area contributed by atoms with Crippen molar-refractivity contribution in [1.82, 2.24) is 4.90 Å². The molecular weight excluding hydrogens is 404 g/mol. The summed E-state index contributed by atoms with van der Waals surface area (Å²) in [5.41, 5.74) is 2.82. The molecule has 0 spiro atoms. The number of benzene rings is 1. The fraction of sp³-hybridized carbons (Fsp3) is 0.625. The first kappa shape index (κ1) is 21.1. The number of nitrogens with zero attached hydrogens (tertiary/aromatic N) is 2. The Bertz CT molecular complexity index is 285. The van der Waals surface area contributed by atoms with Crippen molar-refractivity contribution in [3.05, 3.63) is 40.7 Å². The fourth-order valence-corrected chi connectivity index (χ4v) is 1.59. The van der Waals surface area contributed by atoms with Gasteiger partial charge in [0, 0.05) is 27.6 Å². The van der Waals surface area contributed by atoms with Gasteiger partial charge in [0.25, 0.3) is 0 Å². The van der Waals surface area contributed by atoms with Gasteiger partial charge in [-0.15, -0.1) is 6.54 Å². The van der Waals surface area contributed by atoms with Gasteiger partial charge in [0.1, 0.15) is 0 Å². The van der Waals surface area contributed by atoms with Crippen LogP contribution >= 0.6 is 0 Å². The summed E-state index contributed by atoms with van der Waals surface area (Å²) in [5, 5.41) is 4.12. The number of hydrogen-bond acceptors (Lipinski definition) is 1. The van der Waals surface area contributed by atoms with E-state index in [-0.39, 0.29) is 21.1 Å². The van der Waals surface area contributed by atoms with Crippen molar-refractivity contribution >= 4 is 0 Å². The zero-order valence-electron chi connectivity index (χ0n) is 13.1. The van der Waals surface area contributed by atoms with E-state index in [1.54, 1.807) is 0 Å². The van der Waals surface area contributed by atoms with Gasteiger partial charge in [-0.3, -0.25) is 0 Å². The molecule has 1 aromatic rings. The van der Waals surface area contributed by atoms with Crippen LogP contribution in [0.3, 0.4) is 0 Å². The van der Waals surface area contributed by atoms with Crippen LogP contribution in [0.15, 0.2) is 24.3 Å². The van der Waals surface area contributed by atoms with Gasteiger partial charge in [-0.05, 0) is 37.6 Å². The first-order chi connectivity index (χ1) is 8.76. The van der Waals surface area contributed by atoms with E-state index < -0.39 is 0 Å². The zero-order chi connectivity index (χ0) is 13.8. The van der Waals surface area contributed by atoms with E-state index in [1.807, 2.05) is 20.9 Å². The van der Waals surface area contributed by atoms with Gasteiger partial charge in [-0.2, -0.15) is 7.05 Å². The summed E-state index contributed by atoms with van der Waals surface area (Å²) in [6, 6.07) is 8.95. The van der Waals surface area contributed by atoms with Gasteiger partial charge in [0.05, 0.1) is 0 Å². The molecule has 0 aromatic heterocycles. The van der Waals surface area contributed by atoms with Crippen molar-refractivity contribution in [2.24, 2.45) is 0 Å². The first-order valence-electron chi connectivity index (χ1n) is 7.08. The second kappa shape index (κ2) is 14.2. The van der Waals surface area contributed by atoms with Gasteiger partial charge in [0.2, 0.25) is 0 Å². The van der Waals surface area contributed by atoms with Crippen LogP contribution in [0, 0.1) is 0 Å². The Morgan fingerprint density at radius 1 is 1.00 bits per heavy atom. The van der Waals surface area contributed by atoms with Crippen LogP contribution in [-0.4, -0.2) is 38.6 Å². The first-order valence-corrected chi connectivity index (χ1v) is 7.08. The Morgan fingerprint density at radius 2 is 1.47 bits per heavy atom. The van der Waals surface area contributed by atoms with Crippen LogP contribution in [0.25, 0.3) is 5.32 Å². The molecule has 0 aliphatic heterocycles. The van der Waals surface area contributed by atoms with Gasteiger partial charge in [0.15, 0.2) is 0 Å². The van der Waals surface area contributed by atoms with Crippen molar-refractivity contribution < 1.29 is 21.1 Å². The fourth-order valence-electron chi connectivity index (χ4n) is 1.59. The molecule has 0 N–H and O–H groups in total. The summed E-state index contributed by atoms with van der Waals surface area (Å²) in [7, 11) is 4.03. The van der Waals surface area contributed by atoms with Crippen molar-refractivity contribution in [1.29, 1.82) is 0 Å². The van der Waals surface area contributed by atoms with E-state index in [0.29, 0.717) is 0 Å². The van der Waals surface area contributed by atoms with Crippen LogP contribution in [0.1, 0.15) is 31.9 Å². The van der Waals surface area contributed by atoms with Gasteiger partial charge in [-0.25, -0.2) is 0 Å². The minimum atomic E-state index is 0. The topological polar surface area (TPSA) is 17.3 Å². The van der Waals surface area contributed by atoms with E-state index in [1.165, 1.54) is 11.1 Å². The standard InChI is InChI=1S/C14H23N2.C2H6.W/c1-4-16(3)12-10-14-7-5-13(6-8-14)9-11-15-2;1-2;/h5-8H,4,9-12H2,1-3H3;1-2H3;/q-1;;. The minimum Gasteiger partial charge on any atom is -0.665 e. The molecule has 0 saturated heterocycles. The summed E-state index contributed by atoms with van der Waals surface area (Å²) >= 11 is 0. The molecule has 0 fully saturated rings. The minimum absolute atomic E-state index is 0. The molecule has 19 heavy (non-hydrogen) atoms. The SMILES string of the molecule is CC.CCN(C)CCc1ccc(CC[N-]C)cc1.[W]. The van der Waals surface area contributed by atoms with Crippen molar-refractivity contribution in [2.45, 2.75) is 33.6 Å². The third-order valence-corrected chi connectivity index (χ3v) is 2.97. The van der Waals surface area contributed by atoms with Crippen LogP contribution in [0.4, 0.5) is 0 Å². The summed E-state index contributed by atoms with van der Waals surface area (Å²) in [6.45, 7) is 9.38. The Balaban J connectivity index is 0. The molecule has 0 bridgehead atoms. The van der Waals surface area contributed by atoms with Gasteiger partial charge < -0.3 is 10.2 Å². The molecule has 0 heterocycles. The third-order valence-electron chi connectivity index (χ3n) is 2.97. The normalized spacial score (nSPS) is 9.58. The van der Waals surface area contributed by atoms with Crippen LogP contribution in [-0.2, 0) is 33.9 Å². The second-order valence-corrected chi connectivity index (χ2v) is 4.25. The molecule has 1 rings (SSSR count).